The van der Waals surface area contributed by atoms with Crippen LogP contribution in [0.15, 0.2) is 0 Å². The van der Waals surface area contributed by atoms with E-state index in [1.54, 1.807) is 0 Å². The number of ether oxygens (including phenoxy) is 2. The van der Waals surface area contributed by atoms with Crippen LogP contribution in [0.4, 0.5) is 0 Å². The standard InChI is InChI=1S/C33H64O5/c1-3-5-7-9-10-11-12-13-14-15-16-17-18-19-20-21-22-24-25-27-32(35)37-30-31(29-34)38-33(36)28-26-23-8-6-4-2/h31,34H,3-30H2,1-2H3/t31-/m0/s1. The zero-order valence-electron chi connectivity index (χ0n) is 25.5. The summed E-state index contributed by atoms with van der Waals surface area (Å²) < 4.78 is 10.4. The highest BCUT2D eigenvalue weighted by molar-refractivity contribution is 5.70. The van der Waals surface area contributed by atoms with Crippen molar-refractivity contribution in [2.75, 3.05) is 13.2 Å². The SMILES string of the molecule is CCCCCCCCCCCCCCCCCCCCCC(=O)OC[C@H](CO)OC(=O)CCCCCCC. The van der Waals surface area contributed by atoms with E-state index in [1.165, 1.54) is 122 Å². The molecule has 0 aliphatic rings. The van der Waals surface area contributed by atoms with Crippen LogP contribution in [-0.4, -0.2) is 36.4 Å². The highest BCUT2D eigenvalue weighted by atomic mass is 16.6. The predicted octanol–water partition coefficient (Wildman–Crippen LogP) is 9.62. The van der Waals surface area contributed by atoms with E-state index in [4.69, 9.17) is 9.47 Å². The van der Waals surface area contributed by atoms with Gasteiger partial charge in [0.15, 0.2) is 6.10 Å². The molecule has 1 atom stereocenters. The molecule has 1 N–H and O–H groups in total. The van der Waals surface area contributed by atoms with Crippen molar-refractivity contribution in [2.45, 2.75) is 187 Å². The Kier molecular flexibility index (Phi) is 29.6. The molecule has 0 amide bonds. The molecule has 0 aromatic rings. The first-order chi connectivity index (χ1) is 18.6. The first-order valence-electron chi connectivity index (χ1n) is 16.6. The van der Waals surface area contributed by atoms with Crippen molar-refractivity contribution in [1.82, 2.24) is 0 Å². The summed E-state index contributed by atoms with van der Waals surface area (Å²) in [4.78, 5) is 23.8. The van der Waals surface area contributed by atoms with E-state index in [9.17, 15) is 14.7 Å². The molecule has 226 valence electrons. The van der Waals surface area contributed by atoms with Crippen LogP contribution >= 0.6 is 0 Å². The van der Waals surface area contributed by atoms with Gasteiger partial charge in [0, 0.05) is 12.8 Å². The molecule has 0 saturated carbocycles. The fourth-order valence-corrected chi connectivity index (χ4v) is 4.85. The molecule has 0 bridgehead atoms. The highest BCUT2D eigenvalue weighted by Crippen LogP contribution is 2.15. The number of hydrogen-bond donors (Lipinski definition) is 1. The second kappa shape index (κ2) is 30.4. The smallest absolute Gasteiger partial charge is 0.306 e. The first kappa shape index (κ1) is 36.9. The molecule has 0 aliphatic carbocycles. The quantitative estimate of drug-likeness (QED) is 0.0725. The molecule has 5 nitrogen and oxygen atoms in total. The number of rotatable bonds is 30. The summed E-state index contributed by atoms with van der Waals surface area (Å²) in [6.07, 6.45) is 30.5. The lowest BCUT2D eigenvalue weighted by Gasteiger charge is -2.15. The molecule has 0 spiro atoms. The molecule has 0 aliphatic heterocycles. The minimum atomic E-state index is -0.757. The fourth-order valence-electron chi connectivity index (χ4n) is 4.85. The van der Waals surface area contributed by atoms with Gasteiger partial charge in [-0.05, 0) is 12.8 Å². The van der Waals surface area contributed by atoms with Gasteiger partial charge in [-0.15, -0.1) is 0 Å². The number of carbonyl (C=O) groups is 2. The number of aliphatic hydroxyl groups excluding tert-OH is 1. The number of hydrogen-bond acceptors (Lipinski definition) is 5. The van der Waals surface area contributed by atoms with Crippen molar-refractivity contribution in [3.05, 3.63) is 0 Å². The van der Waals surface area contributed by atoms with Crippen molar-refractivity contribution >= 4 is 11.9 Å². The van der Waals surface area contributed by atoms with Gasteiger partial charge in [0.2, 0.25) is 0 Å². The van der Waals surface area contributed by atoms with Gasteiger partial charge >= 0.3 is 11.9 Å². The molecule has 0 heterocycles. The molecule has 5 heteroatoms. The third-order valence-corrected chi connectivity index (χ3v) is 7.40. The van der Waals surface area contributed by atoms with Gasteiger partial charge in [-0.3, -0.25) is 9.59 Å². The van der Waals surface area contributed by atoms with Gasteiger partial charge in [0.05, 0.1) is 6.61 Å². The molecular weight excluding hydrogens is 476 g/mol. The largest absolute Gasteiger partial charge is 0.462 e. The second-order valence-corrected chi connectivity index (χ2v) is 11.3. The van der Waals surface area contributed by atoms with Crippen LogP contribution < -0.4 is 0 Å². The van der Waals surface area contributed by atoms with E-state index in [1.807, 2.05) is 0 Å². The summed E-state index contributed by atoms with van der Waals surface area (Å²) in [7, 11) is 0. The normalized spacial score (nSPS) is 12.0. The van der Waals surface area contributed by atoms with Crippen LogP contribution in [0.1, 0.15) is 181 Å². The van der Waals surface area contributed by atoms with Crippen molar-refractivity contribution in [3.8, 4) is 0 Å². The van der Waals surface area contributed by atoms with Crippen LogP contribution in [0, 0.1) is 0 Å². The van der Waals surface area contributed by atoms with Gasteiger partial charge in [0.25, 0.3) is 0 Å². The third-order valence-electron chi connectivity index (χ3n) is 7.40. The van der Waals surface area contributed by atoms with Gasteiger partial charge < -0.3 is 14.6 Å². The van der Waals surface area contributed by atoms with E-state index < -0.39 is 6.10 Å². The van der Waals surface area contributed by atoms with Crippen molar-refractivity contribution < 1.29 is 24.2 Å². The van der Waals surface area contributed by atoms with Gasteiger partial charge in [0.1, 0.15) is 6.61 Å². The third kappa shape index (κ3) is 27.9. The number of aliphatic hydroxyl groups is 1. The van der Waals surface area contributed by atoms with E-state index in [0.717, 1.165) is 32.1 Å². The van der Waals surface area contributed by atoms with Crippen molar-refractivity contribution in [2.24, 2.45) is 0 Å². The molecular formula is C33H64O5. The topological polar surface area (TPSA) is 72.8 Å². The van der Waals surface area contributed by atoms with E-state index >= 15 is 0 Å². The van der Waals surface area contributed by atoms with Gasteiger partial charge in [-0.2, -0.15) is 0 Å². The monoisotopic (exact) mass is 540 g/mol. The van der Waals surface area contributed by atoms with Crippen LogP contribution in [0.2, 0.25) is 0 Å². The number of unbranched alkanes of at least 4 members (excludes halogenated alkanes) is 22. The summed E-state index contributed by atoms with van der Waals surface area (Å²) in [5.74, 6) is -0.596. The molecule has 0 aromatic heterocycles. The van der Waals surface area contributed by atoms with Crippen molar-refractivity contribution in [3.63, 3.8) is 0 Å². The first-order valence-corrected chi connectivity index (χ1v) is 16.6. The summed E-state index contributed by atoms with van der Waals surface area (Å²) in [5.41, 5.74) is 0. The Balaban J connectivity index is 3.42. The lowest BCUT2D eigenvalue weighted by atomic mass is 10.0. The summed E-state index contributed by atoms with van der Waals surface area (Å²) in [6.45, 7) is 4.05. The Morgan fingerprint density at radius 1 is 0.500 bits per heavy atom. The lowest BCUT2D eigenvalue weighted by molar-refractivity contribution is -0.161. The Morgan fingerprint density at radius 3 is 1.16 bits per heavy atom. The summed E-state index contributed by atoms with van der Waals surface area (Å²) in [6, 6.07) is 0. The lowest BCUT2D eigenvalue weighted by Crippen LogP contribution is -2.28. The molecule has 0 fully saturated rings. The highest BCUT2D eigenvalue weighted by Gasteiger charge is 2.16. The van der Waals surface area contributed by atoms with Crippen LogP contribution in [0.5, 0.6) is 0 Å². The van der Waals surface area contributed by atoms with E-state index in [2.05, 4.69) is 13.8 Å². The maximum atomic E-state index is 12.0. The predicted molar refractivity (Wildman–Crippen MR) is 159 cm³/mol. The minimum absolute atomic E-state index is 0.0595. The Labute approximate surface area is 236 Å². The Hall–Kier alpha value is -1.10. The zero-order valence-corrected chi connectivity index (χ0v) is 25.5. The van der Waals surface area contributed by atoms with E-state index in [0.29, 0.717) is 12.8 Å². The molecule has 0 rings (SSSR count). The Morgan fingerprint density at radius 2 is 0.816 bits per heavy atom. The van der Waals surface area contributed by atoms with Crippen molar-refractivity contribution in [1.29, 1.82) is 0 Å². The second-order valence-electron chi connectivity index (χ2n) is 11.3. The number of esters is 2. The number of carbonyl (C=O) groups excluding carboxylic acids is 2. The molecule has 0 saturated heterocycles. The van der Waals surface area contributed by atoms with Gasteiger partial charge in [-0.25, -0.2) is 0 Å². The van der Waals surface area contributed by atoms with Crippen LogP contribution in [0.25, 0.3) is 0 Å². The molecule has 0 radical (unpaired) electrons. The molecule has 38 heavy (non-hydrogen) atoms. The van der Waals surface area contributed by atoms with E-state index in [-0.39, 0.29) is 25.2 Å². The van der Waals surface area contributed by atoms with Crippen LogP contribution in [-0.2, 0) is 19.1 Å². The Bertz CT molecular complexity index is 508. The van der Waals surface area contributed by atoms with Gasteiger partial charge in [-0.1, -0.05) is 155 Å². The molecule has 0 aromatic carbocycles. The maximum absolute atomic E-state index is 12.0. The zero-order chi connectivity index (χ0) is 27.9. The fraction of sp³-hybridized carbons (Fsp3) is 0.939. The maximum Gasteiger partial charge on any atom is 0.306 e. The summed E-state index contributed by atoms with van der Waals surface area (Å²) >= 11 is 0. The molecule has 0 unspecified atom stereocenters. The minimum Gasteiger partial charge on any atom is -0.462 e. The van der Waals surface area contributed by atoms with Crippen LogP contribution in [0.3, 0.4) is 0 Å². The summed E-state index contributed by atoms with van der Waals surface area (Å²) in [5, 5.41) is 9.41. The average Bonchev–Trinajstić information content (AvgIpc) is 2.92. The average molecular weight is 541 g/mol.